The minimum absolute atomic E-state index is 0.0137. The number of rotatable bonds is 9. The Morgan fingerprint density at radius 1 is 1.05 bits per heavy atom. The van der Waals surface area contributed by atoms with Crippen molar-refractivity contribution in [1.82, 2.24) is 10.2 Å². The lowest BCUT2D eigenvalue weighted by molar-refractivity contribution is -0.141. The van der Waals surface area contributed by atoms with Crippen molar-refractivity contribution in [2.75, 3.05) is 11.4 Å². The number of anilines is 1. The molecule has 6 heteroatoms. The average Bonchev–Trinajstić information content (AvgIpc) is 3.50. The molecule has 0 spiro atoms. The quantitative estimate of drug-likeness (QED) is 0.432. The minimum Gasteiger partial charge on any atom is -0.352 e. The van der Waals surface area contributed by atoms with Gasteiger partial charge in [-0.2, -0.15) is 0 Å². The molecule has 37 heavy (non-hydrogen) atoms. The minimum atomic E-state index is -0.569. The molecule has 1 saturated carbocycles. The van der Waals surface area contributed by atoms with Crippen LogP contribution in [0.15, 0.2) is 60.7 Å². The number of nitrogens with zero attached hydrogens (tertiary/aromatic N) is 2. The highest BCUT2D eigenvalue weighted by Gasteiger charge is 2.31. The van der Waals surface area contributed by atoms with E-state index in [4.69, 9.17) is 0 Å². The smallest absolute Gasteiger partial charge is 0.258 e. The molecule has 1 aliphatic carbocycles. The summed E-state index contributed by atoms with van der Waals surface area (Å²) < 4.78 is 0. The molecule has 0 radical (unpaired) electrons. The summed E-state index contributed by atoms with van der Waals surface area (Å²) in [5.41, 5.74) is 3.75. The van der Waals surface area contributed by atoms with Crippen LogP contribution in [0.25, 0.3) is 10.8 Å². The van der Waals surface area contributed by atoms with Crippen molar-refractivity contribution in [2.45, 2.75) is 71.0 Å². The molecular weight excluding hydrogens is 462 g/mol. The van der Waals surface area contributed by atoms with Crippen molar-refractivity contribution in [2.24, 2.45) is 0 Å². The maximum Gasteiger partial charge on any atom is 0.258 e. The second-order valence-corrected chi connectivity index (χ2v) is 10.4. The van der Waals surface area contributed by atoms with Gasteiger partial charge in [-0.25, -0.2) is 0 Å². The van der Waals surface area contributed by atoms with E-state index in [0.717, 1.165) is 58.8 Å². The lowest BCUT2D eigenvalue weighted by atomic mass is 10.1. The molecule has 1 fully saturated rings. The van der Waals surface area contributed by atoms with E-state index >= 15 is 0 Å². The molecule has 3 amide bonds. The number of hydrogen-bond donors (Lipinski definition) is 1. The van der Waals surface area contributed by atoms with Crippen molar-refractivity contribution >= 4 is 34.2 Å². The number of hydrogen-bond acceptors (Lipinski definition) is 3. The molecule has 1 atom stereocenters. The van der Waals surface area contributed by atoms with Gasteiger partial charge in [0.25, 0.3) is 5.91 Å². The maximum atomic E-state index is 13.5. The molecule has 1 N–H and O–H groups in total. The Bertz CT molecular complexity index is 1320. The SMILES string of the molecule is Cc1cccc(CN(C(=O)CCCN2C(=O)c3cccc4cccc2c34)C(C)C(=O)NC2CCCC2)c1. The Balaban J connectivity index is 1.27. The lowest BCUT2D eigenvalue weighted by Crippen LogP contribution is -2.49. The molecule has 0 aromatic heterocycles. The van der Waals surface area contributed by atoms with Crippen LogP contribution < -0.4 is 10.2 Å². The van der Waals surface area contributed by atoms with E-state index in [-0.39, 0.29) is 30.2 Å². The van der Waals surface area contributed by atoms with Crippen LogP contribution in [-0.4, -0.2) is 41.2 Å². The molecule has 3 aromatic rings. The first-order valence-corrected chi connectivity index (χ1v) is 13.4. The number of amides is 3. The Hall–Kier alpha value is -3.67. The molecular formula is C31H35N3O3. The predicted octanol–water partition coefficient (Wildman–Crippen LogP) is 5.36. The van der Waals surface area contributed by atoms with Crippen LogP contribution in [0.3, 0.4) is 0 Å². The summed E-state index contributed by atoms with van der Waals surface area (Å²) in [5, 5.41) is 5.19. The second kappa shape index (κ2) is 10.8. The Labute approximate surface area is 218 Å². The lowest BCUT2D eigenvalue weighted by Gasteiger charge is -2.30. The van der Waals surface area contributed by atoms with Gasteiger partial charge in [-0.3, -0.25) is 14.4 Å². The summed E-state index contributed by atoms with van der Waals surface area (Å²) in [4.78, 5) is 43.2. The Kier molecular flexibility index (Phi) is 7.26. The first-order valence-electron chi connectivity index (χ1n) is 13.4. The number of benzene rings is 3. The number of carbonyl (C=O) groups is 3. The van der Waals surface area contributed by atoms with Gasteiger partial charge in [0.05, 0.1) is 5.69 Å². The fraction of sp³-hybridized carbons (Fsp3) is 0.387. The average molecular weight is 498 g/mol. The molecule has 1 aliphatic heterocycles. The van der Waals surface area contributed by atoms with Crippen LogP contribution in [0.2, 0.25) is 0 Å². The van der Waals surface area contributed by atoms with E-state index < -0.39 is 6.04 Å². The van der Waals surface area contributed by atoms with Crippen molar-refractivity contribution < 1.29 is 14.4 Å². The van der Waals surface area contributed by atoms with Crippen molar-refractivity contribution in [3.63, 3.8) is 0 Å². The largest absolute Gasteiger partial charge is 0.352 e. The van der Waals surface area contributed by atoms with Crippen LogP contribution >= 0.6 is 0 Å². The van der Waals surface area contributed by atoms with Crippen LogP contribution in [-0.2, 0) is 16.1 Å². The zero-order valence-electron chi connectivity index (χ0n) is 21.7. The fourth-order valence-electron chi connectivity index (χ4n) is 5.71. The van der Waals surface area contributed by atoms with E-state index in [1.54, 1.807) is 9.80 Å². The fourth-order valence-corrected chi connectivity index (χ4v) is 5.71. The van der Waals surface area contributed by atoms with Gasteiger partial charge in [-0.15, -0.1) is 0 Å². The van der Waals surface area contributed by atoms with E-state index in [2.05, 4.69) is 11.4 Å². The zero-order valence-corrected chi connectivity index (χ0v) is 21.7. The Morgan fingerprint density at radius 2 is 1.78 bits per heavy atom. The first kappa shape index (κ1) is 25.0. The normalized spacial score (nSPS) is 15.8. The second-order valence-electron chi connectivity index (χ2n) is 10.4. The summed E-state index contributed by atoms with van der Waals surface area (Å²) in [5.74, 6) is -0.178. The summed E-state index contributed by atoms with van der Waals surface area (Å²) in [7, 11) is 0. The van der Waals surface area contributed by atoms with Gasteiger partial charge < -0.3 is 15.1 Å². The zero-order chi connectivity index (χ0) is 25.9. The van der Waals surface area contributed by atoms with E-state index in [9.17, 15) is 14.4 Å². The van der Waals surface area contributed by atoms with Crippen LogP contribution in [0, 0.1) is 6.92 Å². The van der Waals surface area contributed by atoms with Gasteiger partial charge in [0.15, 0.2) is 0 Å². The molecule has 1 heterocycles. The first-order chi connectivity index (χ1) is 17.9. The van der Waals surface area contributed by atoms with Gasteiger partial charge in [-0.05, 0) is 56.2 Å². The number of carbonyl (C=O) groups excluding carboxylic acids is 3. The van der Waals surface area contributed by atoms with Crippen LogP contribution in [0.1, 0.15) is 66.9 Å². The molecule has 6 nitrogen and oxygen atoms in total. The third-order valence-corrected chi connectivity index (χ3v) is 7.73. The summed E-state index contributed by atoms with van der Waals surface area (Å²) in [6, 6.07) is 19.4. The number of nitrogens with one attached hydrogen (secondary N) is 1. The molecule has 0 bridgehead atoms. The predicted molar refractivity (Wildman–Crippen MR) is 146 cm³/mol. The summed E-state index contributed by atoms with van der Waals surface area (Å²) in [6.45, 7) is 4.68. The van der Waals surface area contributed by atoms with Gasteiger partial charge in [0.2, 0.25) is 11.8 Å². The topological polar surface area (TPSA) is 69.7 Å². The third kappa shape index (κ3) is 5.24. The molecule has 3 aromatic carbocycles. The molecule has 0 saturated heterocycles. The van der Waals surface area contributed by atoms with Gasteiger partial charge in [0, 0.05) is 36.5 Å². The van der Waals surface area contributed by atoms with Crippen molar-refractivity contribution in [1.29, 1.82) is 0 Å². The van der Waals surface area contributed by atoms with Crippen LogP contribution in [0.5, 0.6) is 0 Å². The summed E-state index contributed by atoms with van der Waals surface area (Å²) in [6.07, 6.45) is 5.07. The highest BCUT2D eigenvalue weighted by molar-refractivity contribution is 6.25. The number of aryl methyl sites for hydroxylation is 1. The van der Waals surface area contributed by atoms with Gasteiger partial charge in [0.1, 0.15) is 6.04 Å². The highest BCUT2D eigenvalue weighted by Crippen LogP contribution is 2.37. The molecule has 2 aliphatic rings. The Morgan fingerprint density at radius 3 is 2.54 bits per heavy atom. The monoisotopic (exact) mass is 497 g/mol. The molecule has 1 unspecified atom stereocenters. The van der Waals surface area contributed by atoms with Crippen molar-refractivity contribution in [3.8, 4) is 0 Å². The highest BCUT2D eigenvalue weighted by atomic mass is 16.2. The van der Waals surface area contributed by atoms with E-state index in [1.807, 2.05) is 68.4 Å². The standard InChI is InChI=1S/C31H35N3O3/c1-21-9-5-10-23(19-21)20-34(22(2)30(36)32-25-13-3-4-14-25)28(35)17-8-18-33-27-16-7-12-24-11-6-15-26(29(24)27)31(33)37/h5-7,9-12,15-16,19,22,25H,3-4,8,13-14,17-18,20H2,1-2H3,(H,32,36). The van der Waals surface area contributed by atoms with Gasteiger partial charge >= 0.3 is 0 Å². The van der Waals surface area contributed by atoms with Crippen LogP contribution in [0.4, 0.5) is 5.69 Å². The molecule has 192 valence electrons. The molecule has 5 rings (SSSR count). The van der Waals surface area contributed by atoms with Crippen molar-refractivity contribution in [3.05, 3.63) is 77.4 Å². The summed E-state index contributed by atoms with van der Waals surface area (Å²) >= 11 is 0. The van der Waals surface area contributed by atoms with E-state index in [0.29, 0.717) is 19.5 Å². The van der Waals surface area contributed by atoms with E-state index in [1.165, 1.54) is 0 Å². The maximum absolute atomic E-state index is 13.5. The third-order valence-electron chi connectivity index (χ3n) is 7.73. The van der Waals surface area contributed by atoms with Gasteiger partial charge in [-0.1, -0.05) is 66.9 Å².